The van der Waals surface area contributed by atoms with Gasteiger partial charge in [-0.2, -0.15) is 0 Å². The molecule has 2 aliphatic rings. The van der Waals surface area contributed by atoms with Gasteiger partial charge in [0.15, 0.2) is 0 Å². The summed E-state index contributed by atoms with van der Waals surface area (Å²) in [5, 5.41) is 12.8. The molecule has 2 N–H and O–H groups in total. The molecular weight excluding hydrogens is 390 g/mol. The summed E-state index contributed by atoms with van der Waals surface area (Å²) in [6.45, 7) is 1.01. The van der Waals surface area contributed by atoms with Gasteiger partial charge >= 0.3 is 5.97 Å². The van der Waals surface area contributed by atoms with Crippen molar-refractivity contribution in [2.24, 2.45) is 11.8 Å². The third-order valence-electron chi connectivity index (χ3n) is 6.58. The van der Waals surface area contributed by atoms with E-state index < -0.39 is 5.97 Å². The predicted octanol–water partition coefficient (Wildman–Crippen LogP) is 4.92. The third-order valence-corrected chi connectivity index (χ3v) is 6.58. The van der Waals surface area contributed by atoms with Crippen LogP contribution in [0.25, 0.3) is 6.08 Å². The molecule has 0 spiro atoms. The molecule has 0 bridgehead atoms. The Morgan fingerprint density at radius 2 is 2.19 bits per heavy atom. The van der Waals surface area contributed by atoms with Gasteiger partial charge in [-0.05, 0) is 79.5 Å². The average molecular weight is 422 g/mol. The minimum Gasteiger partial charge on any atom is -0.481 e. The summed E-state index contributed by atoms with van der Waals surface area (Å²) in [6, 6.07) is 8.05. The number of carboxylic acid groups (broad SMARTS) is 1. The molecule has 1 atom stereocenters. The zero-order valence-electron chi connectivity index (χ0n) is 18.1. The van der Waals surface area contributed by atoms with E-state index in [1.165, 1.54) is 12.0 Å². The molecule has 0 amide bonds. The monoisotopic (exact) mass is 421 g/mol. The maximum Gasteiger partial charge on any atom is 0.303 e. The van der Waals surface area contributed by atoms with Crippen LogP contribution in [-0.2, 0) is 11.2 Å². The van der Waals surface area contributed by atoms with E-state index >= 15 is 0 Å². The van der Waals surface area contributed by atoms with Crippen LogP contribution < -0.4 is 10.1 Å². The van der Waals surface area contributed by atoms with Crippen LogP contribution in [0.3, 0.4) is 0 Å². The summed E-state index contributed by atoms with van der Waals surface area (Å²) in [5.41, 5.74) is 3.32. The summed E-state index contributed by atoms with van der Waals surface area (Å²) in [4.78, 5) is 20.4. The fourth-order valence-corrected chi connectivity index (χ4v) is 4.80. The number of rotatable bonds is 9. The number of nitrogens with zero attached hydrogens (tertiary/aromatic N) is 2. The summed E-state index contributed by atoms with van der Waals surface area (Å²) >= 11 is 0. The number of pyridine rings is 2. The van der Waals surface area contributed by atoms with E-state index in [0.29, 0.717) is 17.7 Å². The molecule has 6 heteroatoms. The van der Waals surface area contributed by atoms with Crippen molar-refractivity contribution in [3.8, 4) is 5.88 Å². The standard InChI is InChI=1S/C25H31N3O3/c1-31-23-11-9-19(16-27-23)22(15-24(29)30)20-13-17(14-20)5-2-3-7-21-10-8-18-6-4-12-26-25(18)28-21/h3,7-11,16-17,20,22H,2,4-6,12-15H2,1H3,(H,26,28)(H,29,30). The van der Waals surface area contributed by atoms with Gasteiger partial charge in [-0.1, -0.05) is 18.2 Å². The van der Waals surface area contributed by atoms with E-state index in [1.54, 1.807) is 13.3 Å². The Kier molecular flexibility index (Phi) is 6.85. The predicted molar refractivity (Wildman–Crippen MR) is 121 cm³/mol. The third kappa shape index (κ3) is 5.43. The van der Waals surface area contributed by atoms with E-state index in [9.17, 15) is 9.90 Å². The number of aliphatic carboxylic acids is 1. The second-order valence-electron chi connectivity index (χ2n) is 8.69. The summed E-state index contributed by atoms with van der Waals surface area (Å²) in [6.07, 6.45) is 12.9. The number of fused-ring (bicyclic) bond motifs is 1. The molecule has 1 aliphatic carbocycles. The topological polar surface area (TPSA) is 84.3 Å². The molecule has 4 rings (SSSR count). The molecule has 2 aromatic heterocycles. The zero-order valence-corrected chi connectivity index (χ0v) is 18.1. The Balaban J connectivity index is 1.26. The number of carbonyl (C=O) groups is 1. The fourth-order valence-electron chi connectivity index (χ4n) is 4.80. The van der Waals surface area contributed by atoms with Gasteiger partial charge in [-0.25, -0.2) is 9.97 Å². The van der Waals surface area contributed by atoms with Crippen molar-refractivity contribution < 1.29 is 14.6 Å². The van der Waals surface area contributed by atoms with Gasteiger partial charge in [0.2, 0.25) is 5.88 Å². The SMILES string of the molecule is COc1ccc(C(CC(=O)O)C2CC(CCC=Cc3ccc4c(n3)NCCC4)C2)cn1. The molecule has 3 heterocycles. The molecule has 6 nitrogen and oxygen atoms in total. The molecule has 1 unspecified atom stereocenters. The molecule has 164 valence electrons. The van der Waals surface area contributed by atoms with Gasteiger partial charge in [-0.3, -0.25) is 4.79 Å². The Bertz CT molecular complexity index is 920. The first kappa shape index (κ1) is 21.3. The number of anilines is 1. The van der Waals surface area contributed by atoms with Crippen molar-refractivity contribution in [3.63, 3.8) is 0 Å². The van der Waals surface area contributed by atoms with Gasteiger partial charge in [0.1, 0.15) is 5.82 Å². The van der Waals surface area contributed by atoms with Gasteiger partial charge in [0.25, 0.3) is 0 Å². The van der Waals surface area contributed by atoms with Gasteiger partial charge in [0, 0.05) is 18.8 Å². The van der Waals surface area contributed by atoms with Crippen molar-refractivity contribution in [1.29, 1.82) is 0 Å². The second kappa shape index (κ2) is 9.94. The van der Waals surface area contributed by atoms with Crippen LogP contribution in [0.1, 0.15) is 61.3 Å². The van der Waals surface area contributed by atoms with Gasteiger partial charge in [-0.15, -0.1) is 0 Å². The lowest BCUT2D eigenvalue weighted by Gasteiger charge is -2.40. The smallest absolute Gasteiger partial charge is 0.303 e. The number of carboxylic acids is 1. The van der Waals surface area contributed by atoms with Crippen LogP contribution in [0.2, 0.25) is 0 Å². The number of nitrogens with one attached hydrogen (secondary N) is 1. The highest BCUT2D eigenvalue weighted by molar-refractivity contribution is 5.68. The Morgan fingerprint density at radius 1 is 1.32 bits per heavy atom. The lowest BCUT2D eigenvalue weighted by Crippen LogP contribution is -2.30. The molecule has 1 saturated carbocycles. The minimum atomic E-state index is -0.751. The molecule has 1 fully saturated rings. The molecule has 0 saturated heterocycles. The number of ether oxygens (including phenoxy) is 1. The number of methoxy groups -OCH3 is 1. The van der Waals surface area contributed by atoms with Crippen molar-refractivity contribution in [3.05, 3.63) is 53.4 Å². The van der Waals surface area contributed by atoms with Crippen molar-refractivity contribution in [2.45, 2.75) is 50.9 Å². The summed E-state index contributed by atoms with van der Waals surface area (Å²) < 4.78 is 5.12. The van der Waals surface area contributed by atoms with Crippen LogP contribution in [0, 0.1) is 11.8 Å². The number of allylic oxidation sites excluding steroid dienone is 1. The molecular formula is C25H31N3O3. The van der Waals surface area contributed by atoms with E-state index in [4.69, 9.17) is 9.72 Å². The second-order valence-corrected chi connectivity index (χ2v) is 8.69. The van der Waals surface area contributed by atoms with E-state index in [2.05, 4.69) is 34.6 Å². The molecule has 1 aliphatic heterocycles. The van der Waals surface area contributed by atoms with E-state index in [0.717, 1.165) is 55.7 Å². The van der Waals surface area contributed by atoms with Crippen LogP contribution in [0.4, 0.5) is 5.82 Å². The lowest BCUT2D eigenvalue weighted by atomic mass is 9.65. The number of aryl methyl sites for hydroxylation is 1. The Morgan fingerprint density at radius 3 is 2.94 bits per heavy atom. The van der Waals surface area contributed by atoms with Crippen LogP contribution in [0.5, 0.6) is 5.88 Å². The molecule has 2 aromatic rings. The van der Waals surface area contributed by atoms with Gasteiger partial charge in [0.05, 0.1) is 19.2 Å². The molecule has 0 aromatic carbocycles. The largest absolute Gasteiger partial charge is 0.481 e. The average Bonchev–Trinajstić information content (AvgIpc) is 2.76. The molecule has 31 heavy (non-hydrogen) atoms. The van der Waals surface area contributed by atoms with E-state index in [-0.39, 0.29) is 12.3 Å². The normalized spacial score (nSPS) is 21.1. The van der Waals surface area contributed by atoms with Crippen molar-refractivity contribution in [2.75, 3.05) is 19.0 Å². The van der Waals surface area contributed by atoms with Crippen molar-refractivity contribution >= 4 is 17.9 Å². The quantitative estimate of drug-likeness (QED) is 0.598. The first-order valence-corrected chi connectivity index (χ1v) is 11.2. The highest BCUT2D eigenvalue weighted by Crippen LogP contribution is 2.46. The first-order valence-electron chi connectivity index (χ1n) is 11.2. The number of aromatic nitrogens is 2. The summed E-state index contributed by atoms with van der Waals surface area (Å²) in [5.74, 6) is 1.94. The lowest BCUT2D eigenvalue weighted by molar-refractivity contribution is -0.138. The number of hydrogen-bond acceptors (Lipinski definition) is 5. The van der Waals surface area contributed by atoms with E-state index in [1.807, 2.05) is 12.1 Å². The molecule has 0 radical (unpaired) electrons. The Hall–Kier alpha value is -2.89. The fraction of sp³-hybridized carbons (Fsp3) is 0.480. The first-order chi connectivity index (χ1) is 15.1. The maximum atomic E-state index is 11.4. The highest BCUT2D eigenvalue weighted by Gasteiger charge is 2.36. The number of hydrogen-bond donors (Lipinski definition) is 2. The van der Waals surface area contributed by atoms with Crippen LogP contribution in [-0.4, -0.2) is 34.7 Å². The highest BCUT2D eigenvalue weighted by atomic mass is 16.5. The summed E-state index contributed by atoms with van der Waals surface area (Å²) in [7, 11) is 1.58. The van der Waals surface area contributed by atoms with Crippen molar-refractivity contribution in [1.82, 2.24) is 9.97 Å². The van der Waals surface area contributed by atoms with Crippen LogP contribution in [0.15, 0.2) is 36.5 Å². The zero-order chi connectivity index (χ0) is 21.6. The minimum absolute atomic E-state index is 0.0230. The van der Waals surface area contributed by atoms with Crippen LogP contribution >= 0.6 is 0 Å². The van der Waals surface area contributed by atoms with Gasteiger partial charge < -0.3 is 15.2 Å². The Labute approximate surface area is 183 Å². The maximum absolute atomic E-state index is 11.4.